The van der Waals surface area contributed by atoms with Gasteiger partial charge in [-0.1, -0.05) is 127 Å². The van der Waals surface area contributed by atoms with Crippen LogP contribution in [-0.4, -0.2) is 15.0 Å². The lowest BCUT2D eigenvalue weighted by molar-refractivity contribution is 0.344. The smallest absolute Gasteiger partial charge is 0.160 e. The molecule has 0 saturated carbocycles. The number of fused-ring (bicyclic) bond motifs is 7. The van der Waals surface area contributed by atoms with Crippen LogP contribution in [-0.2, 0) is 5.41 Å². The SMILES string of the molecule is C1=CC2=C(CC1)c1ccccc1C21C2=C(Oc3ccccc31)C(c1ccccc1-c1nc(-c3ccccc3)cc(-c3ccccn3)n1)CC=C2. The standard InChI is InChI=1S/C46H33N3O/c1-2-15-30(16-3-1)41-29-42(40-26-12-13-28-47-40)49-45(48-41)35-20-5-4-17-31(35)34-21-14-25-39-44(34)50-43-27-11-10-24-38(43)46(39)36-22-8-6-18-32(36)33-19-7-9-23-37(33)46/h1-6,8-18,20,22-29,34H,7,19,21H2. The van der Waals surface area contributed by atoms with Crippen molar-refractivity contribution in [2.75, 3.05) is 0 Å². The van der Waals surface area contributed by atoms with E-state index in [1.54, 1.807) is 0 Å². The Hall–Kier alpha value is -6.13. The van der Waals surface area contributed by atoms with Crippen LogP contribution in [0.3, 0.4) is 0 Å². The molecule has 0 radical (unpaired) electrons. The van der Waals surface area contributed by atoms with Gasteiger partial charge in [0.1, 0.15) is 11.5 Å². The van der Waals surface area contributed by atoms with E-state index in [9.17, 15) is 0 Å². The number of rotatable bonds is 4. The molecule has 2 aromatic heterocycles. The van der Waals surface area contributed by atoms with Crippen LogP contribution in [0.25, 0.3) is 39.6 Å². The van der Waals surface area contributed by atoms with E-state index in [1.807, 2.05) is 48.7 Å². The molecule has 6 aromatic rings. The molecule has 4 heteroatoms. The van der Waals surface area contributed by atoms with Gasteiger partial charge in [-0.25, -0.2) is 9.97 Å². The van der Waals surface area contributed by atoms with Crippen molar-refractivity contribution < 1.29 is 4.74 Å². The minimum Gasteiger partial charge on any atom is -0.460 e. The maximum absolute atomic E-state index is 7.09. The van der Waals surface area contributed by atoms with Crippen LogP contribution in [0, 0.1) is 0 Å². The first-order valence-corrected chi connectivity index (χ1v) is 17.4. The second-order valence-electron chi connectivity index (χ2n) is 13.3. The lowest BCUT2D eigenvalue weighted by Crippen LogP contribution is -2.37. The van der Waals surface area contributed by atoms with E-state index in [0.29, 0.717) is 5.82 Å². The van der Waals surface area contributed by atoms with Gasteiger partial charge in [0.15, 0.2) is 5.82 Å². The molecule has 0 N–H and O–H groups in total. The predicted molar refractivity (Wildman–Crippen MR) is 199 cm³/mol. The van der Waals surface area contributed by atoms with Crippen LogP contribution in [0.1, 0.15) is 47.4 Å². The number of allylic oxidation sites excluding steroid dienone is 8. The Morgan fingerprint density at radius 1 is 0.620 bits per heavy atom. The van der Waals surface area contributed by atoms with Gasteiger partial charge in [0.05, 0.1) is 22.5 Å². The van der Waals surface area contributed by atoms with Crippen molar-refractivity contribution in [1.29, 1.82) is 0 Å². The van der Waals surface area contributed by atoms with Gasteiger partial charge >= 0.3 is 0 Å². The molecule has 50 heavy (non-hydrogen) atoms. The fourth-order valence-corrected chi connectivity index (χ4v) is 8.60. The topological polar surface area (TPSA) is 47.9 Å². The highest BCUT2D eigenvalue weighted by atomic mass is 16.5. The van der Waals surface area contributed by atoms with Crippen molar-refractivity contribution in [2.45, 2.75) is 30.6 Å². The summed E-state index contributed by atoms with van der Waals surface area (Å²) >= 11 is 0. The first-order valence-electron chi connectivity index (χ1n) is 17.4. The van der Waals surface area contributed by atoms with Crippen LogP contribution >= 0.6 is 0 Å². The Bertz CT molecular complexity index is 2380. The molecule has 0 bridgehead atoms. The molecular formula is C46H33N3O. The van der Waals surface area contributed by atoms with Crippen LogP contribution in [0.2, 0.25) is 0 Å². The number of aromatic nitrogens is 3. The first kappa shape index (κ1) is 28.8. The highest BCUT2D eigenvalue weighted by molar-refractivity contribution is 5.90. The molecule has 10 rings (SSSR count). The summed E-state index contributed by atoms with van der Waals surface area (Å²) in [5.74, 6) is 2.57. The third-order valence-corrected chi connectivity index (χ3v) is 10.7. The minimum atomic E-state index is -0.451. The van der Waals surface area contributed by atoms with E-state index in [1.165, 1.54) is 33.4 Å². The fraction of sp³-hybridized carbons (Fsp3) is 0.109. The molecule has 0 fully saturated rings. The van der Waals surface area contributed by atoms with Crippen molar-refractivity contribution in [2.24, 2.45) is 0 Å². The maximum Gasteiger partial charge on any atom is 0.160 e. The molecule has 2 atom stereocenters. The third kappa shape index (κ3) is 4.28. The number of pyridine rings is 1. The average molecular weight is 644 g/mol. The monoisotopic (exact) mass is 643 g/mol. The Morgan fingerprint density at radius 3 is 2.24 bits per heavy atom. The van der Waals surface area contributed by atoms with Crippen LogP contribution < -0.4 is 4.74 Å². The van der Waals surface area contributed by atoms with E-state index in [-0.39, 0.29) is 5.92 Å². The molecule has 3 aliphatic carbocycles. The van der Waals surface area contributed by atoms with Gasteiger partial charge in [-0.3, -0.25) is 4.98 Å². The predicted octanol–water partition coefficient (Wildman–Crippen LogP) is 10.7. The summed E-state index contributed by atoms with van der Waals surface area (Å²) < 4.78 is 7.09. The zero-order valence-corrected chi connectivity index (χ0v) is 27.5. The number of benzene rings is 4. The van der Waals surface area contributed by atoms with E-state index in [0.717, 1.165) is 64.5 Å². The summed E-state index contributed by atoms with van der Waals surface area (Å²) in [6, 6.07) is 44.6. The molecule has 2 unspecified atom stereocenters. The van der Waals surface area contributed by atoms with Gasteiger partial charge in [0.2, 0.25) is 0 Å². The maximum atomic E-state index is 7.09. The fourth-order valence-electron chi connectivity index (χ4n) is 8.60. The number of hydrogen-bond donors (Lipinski definition) is 0. The lowest BCUT2D eigenvalue weighted by Gasteiger charge is -2.44. The highest BCUT2D eigenvalue weighted by Gasteiger charge is 2.53. The van der Waals surface area contributed by atoms with Crippen LogP contribution in [0.15, 0.2) is 175 Å². The summed E-state index contributed by atoms with van der Waals surface area (Å²) in [6.45, 7) is 0. The Morgan fingerprint density at radius 2 is 1.36 bits per heavy atom. The number of nitrogens with zero attached hydrogens (tertiary/aromatic N) is 3. The summed E-state index contributed by atoms with van der Waals surface area (Å²) in [4.78, 5) is 15.1. The zero-order valence-electron chi connectivity index (χ0n) is 27.5. The molecule has 0 amide bonds. The minimum absolute atomic E-state index is 0.0388. The van der Waals surface area contributed by atoms with Crippen LogP contribution in [0.4, 0.5) is 0 Å². The van der Waals surface area contributed by atoms with Crippen molar-refractivity contribution in [3.05, 3.63) is 197 Å². The van der Waals surface area contributed by atoms with Gasteiger partial charge in [-0.2, -0.15) is 0 Å². The van der Waals surface area contributed by atoms with E-state index in [2.05, 4.69) is 114 Å². The summed E-state index contributed by atoms with van der Waals surface area (Å²) in [6.07, 6.45) is 14.1. The van der Waals surface area contributed by atoms with Crippen molar-refractivity contribution in [1.82, 2.24) is 15.0 Å². The summed E-state index contributed by atoms with van der Waals surface area (Å²) in [5, 5.41) is 0. The normalized spacial score (nSPS) is 19.9. The molecule has 238 valence electrons. The van der Waals surface area contributed by atoms with Gasteiger partial charge in [-0.05, 0) is 71.4 Å². The highest BCUT2D eigenvalue weighted by Crippen LogP contribution is 2.63. The second-order valence-corrected chi connectivity index (χ2v) is 13.3. The van der Waals surface area contributed by atoms with Gasteiger partial charge in [0.25, 0.3) is 0 Å². The molecule has 4 aromatic carbocycles. The summed E-state index contributed by atoms with van der Waals surface area (Å²) in [7, 11) is 0. The number of ether oxygens (including phenoxy) is 1. The molecule has 4 aliphatic rings. The second kappa shape index (κ2) is 11.5. The average Bonchev–Trinajstić information content (AvgIpc) is 3.49. The van der Waals surface area contributed by atoms with E-state index < -0.39 is 5.41 Å². The molecule has 0 saturated heterocycles. The van der Waals surface area contributed by atoms with Gasteiger partial charge < -0.3 is 4.74 Å². The molecule has 3 heterocycles. The Balaban J connectivity index is 1.20. The molecule has 1 aliphatic heterocycles. The quantitative estimate of drug-likeness (QED) is 0.192. The van der Waals surface area contributed by atoms with Crippen molar-refractivity contribution in [3.63, 3.8) is 0 Å². The molecular weight excluding hydrogens is 611 g/mol. The Labute approximate surface area is 291 Å². The van der Waals surface area contributed by atoms with E-state index in [4.69, 9.17) is 14.7 Å². The summed E-state index contributed by atoms with van der Waals surface area (Å²) in [5.41, 5.74) is 13.2. The van der Waals surface area contributed by atoms with Crippen molar-refractivity contribution >= 4 is 5.57 Å². The van der Waals surface area contributed by atoms with Gasteiger partial charge in [0, 0.05) is 34.4 Å². The van der Waals surface area contributed by atoms with Crippen molar-refractivity contribution in [3.8, 4) is 39.8 Å². The zero-order chi connectivity index (χ0) is 33.1. The lowest BCUT2D eigenvalue weighted by atomic mass is 9.62. The molecule has 1 spiro atoms. The van der Waals surface area contributed by atoms with Gasteiger partial charge in [-0.15, -0.1) is 0 Å². The molecule has 4 nitrogen and oxygen atoms in total. The first-order chi connectivity index (χ1) is 24.8. The van der Waals surface area contributed by atoms with E-state index >= 15 is 0 Å². The number of hydrogen-bond acceptors (Lipinski definition) is 4. The Kier molecular flexibility index (Phi) is 6.63. The third-order valence-electron chi connectivity index (χ3n) is 10.7. The number of para-hydroxylation sites is 1. The van der Waals surface area contributed by atoms with Crippen LogP contribution in [0.5, 0.6) is 5.75 Å². The largest absolute Gasteiger partial charge is 0.460 e.